The molecule has 0 saturated carbocycles. The highest BCUT2D eigenvalue weighted by atomic mass is 35.5. The third-order valence-corrected chi connectivity index (χ3v) is 0.464. The summed E-state index contributed by atoms with van der Waals surface area (Å²) in [6, 6.07) is 0. The molecular weight excluding hydrogens is 115 g/mol. The van der Waals surface area contributed by atoms with Crippen LogP contribution >= 0.6 is 12.4 Å². The van der Waals surface area contributed by atoms with Crippen LogP contribution in [-0.2, 0) is 4.79 Å². The molecule has 0 aromatic carbocycles. The van der Waals surface area contributed by atoms with Gasteiger partial charge in [-0.2, -0.15) is 0 Å². The highest BCUT2D eigenvalue weighted by Crippen LogP contribution is 1.46. The van der Waals surface area contributed by atoms with Gasteiger partial charge in [0.05, 0.1) is 6.54 Å². The van der Waals surface area contributed by atoms with Crippen molar-refractivity contribution in [1.82, 2.24) is 5.32 Å². The molecule has 0 unspecified atom stereocenters. The van der Waals surface area contributed by atoms with Crippen LogP contribution in [0, 0.1) is 0 Å². The zero-order valence-electron chi connectivity index (χ0n) is 4.10. The Bertz CT molecular complexity index is 50.9. The Morgan fingerprint density at radius 2 is 2.29 bits per heavy atom. The van der Waals surface area contributed by atoms with E-state index < -0.39 is 0 Å². The number of hydrogen-bond donors (Lipinski definition) is 2. The second kappa shape index (κ2) is 5.72. The number of amides is 1. The second-order valence-corrected chi connectivity index (χ2v) is 0.877. The molecule has 0 fully saturated rings. The predicted octanol–water partition coefficient (Wildman–Crippen LogP) is -0.887. The van der Waals surface area contributed by atoms with Gasteiger partial charge >= 0.3 is 0 Å². The molecule has 0 radical (unpaired) electrons. The first-order valence-electron chi connectivity index (χ1n) is 1.72. The molecule has 0 atom stereocenters. The summed E-state index contributed by atoms with van der Waals surface area (Å²) in [7, 11) is 1.55. The Labute approximate surface area is 48.7 Å². The largest absolute Gasteiger partial charge is 0.358 e. The molecule has 7 heavy (non-hydrogen) atoms. The highest BCUT2D eigenvalue weighted by molar-refractivity contribution is 5.85. The van der Waals surface area contributed by atoms with E-state index in [4.69, 9.17) is 5.73 Å². The topological polar surface area (TPSA) is 55.1 Å². The standard InChI is InChI=1S/C3H8N2O.ClH/c1-5-3(6)2-4;/h2,4H2,1H3,(H,5,6);1H. The molecule has 0 rings (SSSR count). The average molecular weight is 125 g/mol. The molecule has 44 valence electrons. The predicted molar refractivity (Wildman–Crippen MR) is 30.4 cm³/mol. The fourth-order valence-corrected chi connectivity index (χ4v) is 0.102. The minimum atomic E-state index is -0.130. The highest BCUT2D eigenvalue weighted by Gasteiger charge is 1.84. The van der Waals surface area contributed by atoms with Crippen LogP contribution in [0.25, 0.3) is 0 Å². The van der Waals surface area contributed by atoms with E-state index in [1.54, 1.807) is 7.05 Å². The summed E-state index contributed by atoms with van der Waals surface area (Å²) in [6.45, 7) is 0.0799. The summed E-state index contributed by atoms with van der Waals surface area (Å²) in [4.78, 5) is 9.94. The van der Waals surface area contributed by atoms with E-state index >= 15 is 0 Å². The van der Waals surface area contributed by atoms with Gasteiger partial charge in [0.1, 0.15) is 0 Å². The van der Waals surface area contributed by atoms with Crippen LogP contribution in [0.2, 0.25) is 0 Å². The van der Waals surface area contributed by atoms with Gasteiger partial charge in [-0.3, -0.25) is 4.79 Å². The second-order valence-electron chi connectivity index (χ2n) is 0.877. The summed E-state index contributed by atoms with van der Waals surface area (Å²) in [5, 5.41) is 2.35. The van der Waals surface area contributed by atoms with Crippen molar-refractivity contribution in [1.29, 1.82) is 0 Å². The average Bonchev–Trinajstić information content (AvgIpc) is 1.65. The lowest BCUT2D eigenvalue weighted by Gasteiger charge is -1.87. The molecule has 0 heterocycles. The smallest absolute Gasteiger partial charge is 0.233 e. The number of likely N-dealkylation sites (N-methyl/N-ethyl adjacent to an activating group) is 1. The minimum absolute atomic E-state index is 0. The number of nitrogens with one attached hydrogen (secondary N) is 1. The first kappa shape index (κ1) is 9.87. The van der Waals surface area contributed by atoms with Gasteiger partial charge in [-0.25, -0.2) is 0 Å². The van der Waals surface area contributed by atoms with E-state index in [1.165, 1.54) is 0 Å². The lowest BCUT2D eigenvalue weighted by Crippen LogP contribution is -2.26. The van der Waals surface area contributed by atoms with Gasteiger partial charge < -0.3 is 11.1 Å². The number of carbonyl (C=O) groups is 1. The fraction of sp³-hybridized carbons (Fsp3) is 0.667. The Balaban J connectivity index is 0. The van der Waals surface area contributed by atoms with E-state index in [0.29, 0.717) is 0 Å². The maximum absolute atomic E-state index is 9.94. The molecule has 0 spiro atoms. The Morgan fingerprint density at radius 3 is 2.29 bits per heavy atom. The molecule has 0 aromatic heterocycles. The zero-order valence-corrected chi connectivity index (χ0v) is 4.92. The van der Waals surface area contributed by atoms with Crippen molar-refractivity contribution in [2.75, 3.05) is 13.6 Å². The van der Waals surface area contributed by atoms with Crippen LogP contribution in [0.3, 0.4) is 0 Å². The van der Waals surface area contributed by atoms with Crippen LogP contribution < -0.4 is 11.1 Å². The number of rotatable bonds is 1. The molecule has 0 aliphatic carbocycles. The maximum atomic E-state index is 9.94. The Hall–Kier alpha value is -0.280. The SMILES string of the molecule is CNC(=O)CN.Cl. The molecular formula is C3H9ClN2O. The van der Waals surface area contributed by atoms with E-state index in [-0.39, 0.29) is 24.9 Å². The summed E-state index contributed by atoms with van der Waals surface area (Å²) >= 11 is 0. The molecule has 0 bridgehead atoms. The molecule has 4 heteroatoms. The summed E-state index contributed by atoms with van der Waals surface area (Å²) in [5.41, 5.74) is 4.87. The van der Waals surface area contributed by atoms with Crippen molar-refractivity contribution in [2.24, 2.45) is 5.73 Å². The molecule has 0 aliphatic rings. The number of carbonyl (C=O) groups excluding carboxylic acids is 1. The van der Waals surface area contributed by atoms with E-state index in [2.05, 4.69) is 5.32 Å². The van der Waals surface area contributed by atoms with Gasteiger partial charge in [0.15, 0.2) is 0 Å². The van der Waals surface area contributed by atoms with Gasteiger partial charge in [0, 0.05) is 7.05 Å². The van der Waals surface area contributed by atoms with Crippen LogP contribution in [0.1, 0.15) is 0 Å². The molecule has 1 amide bonds. The summed E-state index contributed by atoms with van der Waals surface area (Å²) < 4.78 is 0. The molecule has 0 aromatic rings. The lowest BCUT2D eigenvalue weighted by atomic mass is 10.6. The van der Waals surface area contributed by atoms with E-state index in [0.717, 1.165) is 0 Å². The van der Waals surface area contributed by atoms with Crippen molar-refractivity contribution in [3.63, 3.8) is 0 Å². The minimum Gasteiger partial charge on any atom is -0.358 e. The van der Waals surface area contributed by atoms with Gasteiger partial charge in [-0.05, 0) is 0 Å². The molecule has 0 saturated heterocycles. The normalized spacial score (nSPS) is 6.57. The number of nitrogens with two attached hydrogens (primary N) is 1. The van der Waals surface area contributed by atoms with Gasteiger partial charge in [-0.15, -0.1) is 12.4 Å². The third-order valence-electron chi connectivity index (χ3n) is 0.464. The van der Waals surface area contributed by atoms with Crippen LogP contribution in [-0.4, -0.2) is 19.5 Å². The fourth-order valence-electron chi connectivity index (χ4n) is 0.102. The first-order valence-corrected chi connectivity index (χ1v) is 1.72. The Morgan fingerprint density at radius 1 is 1.86 bits per heavy atom. The van der Waals surface area contributed by atoms with Crippen LogP contribution in [0.4, 0.5) is 0 Å². The van der Waals surface area contributed by atoms with Gasteiger partial charge in [0.2, 0.25) is 5.91 Å². The number of halogens is 1. The van der Waals surface area contributed by atoms with Gasteiger partial charge in [-0.1, -0.05) is 0 Å². The summed E-state index contributed by atoms with van der Waals surface area (Å²) in [6.07, 6.45) is 0. The van der Waals surface area contributed by atoms with Crippen LogP contribution in [0.15, 0.2) is 0 Å². The van der Waals surface area contributed by atoms with Crippen molar-refractivity contribution in [2.45, 2.75) is 0 Å². The first-order chi connectivity index (χ1) is 2.81. The van der Waals surface area contributed by atoms with Gasteiger partial charge in [0.25, 0.3) is 0 Å². The molecule has 3 N–H and O–H groups in total. The Kier molecular flexibility index (Phi) is 8.06. The van der Waals surface area contributed by atoms with E-state index in [1.807, 2.05) is 0 Å². The molecule has 3 nitrogen and oxygen atoms in total. The van der Waals surface area contributed by atoms with Crippen molar-refractivity contribution in [3.05, 3.63) is 0 Å². The number of hydrogen-bond acceptors (Lipinski definition) is 2. The van der Waals surface area contributed by atoms with Crippen molar-refractivity contribution >= 4 is 18.3 Å². The third kappa shape index (κ3) is 5.72. The van der Waals surface area contributed by atoms with E-state index in [9.17, 15) is 4.79 Å². The van der Waals surface area contributed by atoms with Crippen molar-refractivity contribution < 1.29 is 4.79 Å². The van der Waals surface area contributed by atoms with Crippen LogP contribution in [0.5, 0.6) is 0 Å². The zero-order chi connectivity index (χ0) is 4.99. The molecule has 0 aliphatic heterocycles. The maximum Gasteiger partial charge on any atom is 0.233 e. The monoisotopic (exact) mass is 124 g/mol. The summed E-state index contributed by atoms with van der Waals surface area (Å²) in [5.74, 6) is -0.130. The quantitative estimate of drug-likeness (QED) is 0.477. The van der Waals surface area contributed by atoms with Crippen molar-refractivity contribution in [3.8, 4) is 0 Å². The lowest BCUT2D eigenvalue weighted by molar-refractivity contribution is -0.119.